The predicted octanol–water partition coefficient (Wildman–Crippen LogP) is 2.27. The molecule has 14 heavy (non-hydrogen) atoms. The molecule has 1 aromatic rings. The number of aliphatic hydroxyl groups excluding tert-OH is 1. The molecule has 1 N–H and O–H groups in total. The molecule has 0 saturated carbocycles. The lowest BCUT2D eigenvalue weighted by molar-refractivity contribution is 0.166. The summed E-state index contributed by atoms with van der Waals surface area (Å²) >= 11 is 3.40. The van der Waals surface area contributed by atoms with Gasteiger partial charge in [-0.3, -0.25) is 0 Å². The highest BCUT2D eigenvalue weighted by Gasteiger charge is 2.19. The molecule has 1 aliphatic rings. The van der Waals surface area contributed by atoms with E-state index in [9.17, 15) is 5.11 Å². The van der Waals surface area contributed by atoms with Gasteiger partial charge in [-0.15, -0.1) is 0 Å². The summed E-state index contributed by atoms with van der Waals surface area (Å²) in [4.78, 5) is 0. The summed E-state index contributed by atoms with van der Waals surface area (Å²) in [6.45, 7) is 2.85. The van der Waals surface area contributed by atoms with Gasteiger partial charge in [-0.2, -0.15) is 0 Å². The number of hydrogen-bond acceptors (Lipinski definition) is 3. The third-order valence-electron chi connectivity index (χ3n) is 2.13. The van der Waals surface area contributed by atoms with Crippen molar-refractivity contribution in [3.8, 4) is 11.5 Å². The van der Waals surface area contributed by atoms with E-state index in [1.54, 1.807) is 6.92 Å². The van der Waals surface area contributed by atoms with Crippen LogP contribution in [0.15, 0.2) is 16.6 Å². The van der Waals surface area contributed by atoms with E-state index >= 15 is 0 Å². The van der Waals surface area contributed by atoms with Gasteiger partial charge < -0.3 is 14.6 Å². The first-order chi connectivity index (χ1) is 6.70. The topological polar surface area (TPSA) is 38.7 Å². The van der Waals surface area contributed by atoms with Crippen LogP contribution in [0.3, 0.4) is 0 Å². The highest BCUT2D eigenvalue weighted by Crippen LogP contribution is 2.41. The van der Waals surface area contributed by atoms with Gasteiger partial charge in [-0.1, -0.05) is 6.07 Å². The molecule has 76 valence electrons. The Balaban J connectivity index is 2.49. The first kappa shape index (κ1) is 9.80. The molecule has 1 unspecified atom stereocenters. The SMILES string of the molecule is CC(O)c1ccc2c(c1Br)OCCO2. The summed E-state index contributed by atoms with van der Waals surface area (Å²) in [5, 5.41) is 9.48. The standard InChI is InChI=1S/C10H11BrO3/c1-6(12)7-2-3-8-10(9(7)11)14-5-4-13-8/h2-3,6,12H,4-5H2,1H3. The first-order valence-corrected chi connectivity index (χ1v) is 5.25. The van der Waals surface area contributed by atoms with E-state index in [1.165, 1.54) is 0 Å². The Kier molecular flexibility index (Phi) is 2.65. The molecule has 4 heteroatoms. The number of fused-ring (bicyclic) bond motifs is 1. The lowest BCUT2D eigenvalue weighted by Gasteiger charge is -2.21. The summed E-state index contributed by atoms with van der Waals surface area (Å²) in [5.41, 5.74) is 0.814. The molecule has 0 saturated heterocycles. The Morgan fingerprint density at radius 2 is 2.07 bits per heavy atom. The van der Waals surface area contributed by atoms with E-state index in [0.29, 0.717) is 19.0 Å². The van der Waals surface area contributed by atoms with Crippen molar-refractivity contribution in [2.45, 2.75) is 13.0 Å². The van der Waals surface area contributed by atoms with Crippen LogP contribution in [0.2, 0.25) is 0 Å². The van der Waals surface area contributed by atoms with Gasteiger partial charge in [-0.25, -0.2) is 0 Å². The molecule has 2 rings (SSSR count). The molecule has 0 bridgehead atoms. The molecule has 0 fully saturated rings. The fourth-order valence-electron chi connectivity index (χ4n) is 1.42. The van der Waals surface area contributed by atoms with Crippen molar-refractivity contribution in [3.63, 3.8) is 0 Å². The van der Waals surface area contributed by atoms with Crippen molar-refractivity contribution < 1.29 is 14.6 Å². The third kappa shape index (κ3) is 1.60. The zero-order valence-corrected chi connectivity index (χ0v) is 9.37. The summed E-state index contributed by atoms with van der Waals surface area (Å²) in [5.74, 6) is 1.42. The van der Waals surface area contributed by atoms with E-state index in [4.69, 9.17) is 9.47 Å². The fourth-order valence-corrected chi connectivity index (χ4v) is 2.19. The van der Waals surface area contributed by atoms with Crippen LogP contribution in [-0.4, -0.2) is 18.3 Å². The van der Waals surface area contributed by atoms with Crippen LogP contribution in [0.25, 0.3) is 0 Å². The lowest BCUT2D eigenvalue weighted by Crippen LogP contribution is -2.16. The molecule has 0 aliphatic carbocycles. The maximum Gasteiger partial charge on any atom is 0.175 e. The normalized spacial score (nSPS) is 16.5. The Morgan fingerprint density at radius 1 is 1.36 bits per heavy atom. The van der Waals surface area contributed by atoms with Gasteiger partial charge in [0.15, 0.2) is 11.5 Å². The molecule has 1 aromatic carbocycles. The first-order valence-electron chi connectivity index (χ1n) is 4.46. The van der Waals surface area contributed by atoms with E-state index < -0.39 is 6.10 Å². The zero-order valence-electron chi connectivity index (χ0n) is 7.79. The summed E-state index contributed by atoms with van der Waals surface area (Å²) < 4.78 is 11.6. The summed E-state index contributed by atoms with van der Waals surface area (Å²) in [7, 11) is 0. The fraction of sp³-hybridized carbons (Fsp3) is 0.400. The minimum Gasteiger partial charge on any atom is -0.486 e. The summed E-state index contributed by atoms with van der Waals surface area (Å²) in [6, 6.07) is 3.66. The second-order valence-corrected chi connectivity index (χ2v) is 3.96. The minimum absolute atomic E-state index is 0.514. The third-order valence-corrected chi connectivity index (χ3v) is 2.95. The van der Waals surface area contributed by atoms with Gasteiger partial charge in [0.1, 0.15) is 13.2 Å². The molecule has 0 spiro atoms. The van der Waals surface area contributed by atoms with Gasteiger partial charge in [0.2, 0.25) is 0 Å². The van der Waals surface area contributed by atoms with E-state index in [1.807, 2.05) is 12.1 Å². The average molecular weight is 259 g/mol. The van der Waals surface area contributed by atoms with E-state index in [2.05, 4.69) is 15.9 Å². The van der Waals surface area contributed by atoms with Gasteiger partial charge in [0.25, 0.3) is 0 Å². The van der Waals surface area contributed by atoms with Crippen LogP contribution in [0.5, 0.6) is 11.5 Å². The summed E-state index contributed by atoms with van der Waals surface area (Å²) in [6.07, 6.45) is -0.514. The predicted molar refractivity (Wildman–Crippen MR) is 55.8 cm³/mol. The minimum atomic E-state index is -0.514. The quantitative estimate of drug-likeness (QED) is 0.840. The van der Waals surface area contributed by atoms with Crippen LogP contribution in [-0.2, 0) is 0 Å². The van der Waals surface area contributed by atoms with Crippen LogP contribution in [0.4, 0.5) is 0 Å². The van der Waals surface area contributed by atoms with Crippen LogP contribution >= 0.6 is 15.9 Å². The van der Waals surface area contributed by atoms with E-state index in [-0.39, 0.29) is 0 Å². The van der Waals surface area contributed by atoms with Gasteiger partial charge in [0, 0.05) is 0 Å². The lowest BCUT2D eigenvalue weighted by atomic mass is 10.1. The van der Waals surface area contributed by atoms with Gasteiger partial charge in [-0.05, 0) is 34.5 Å². The van der Waals surface area contributed by atoms with Crippen molar-refractivity contribution in [2.75, 3.05) is 13.2 Å². The Labute approximate surface area is 90.8 Å². The molecule has 1 atom stereocenters. The molecule has 1 heterocycles. The Hall–Kier alpha value is -0.740. The van der Waals surface area contributed by atoms with Crippen molar-refractivity contribution in [3.05, 3.63) is 22.2 Å². The molecule has 0 amide bonds. The van der Waals surface area contributed by atoms with Gasteiger partial charge in [0.05, 0.1) is 10.6 Å². The molecule has 3 nitrogen and oxygen atoms in total. The van der Waals surface area contributed by atoms with Crippen LogP contribution < -0.4 is 9.47 Å². The highest BCUT2D eigenvalue weighted by atomic mass is 79.9. The van der Waals surface area contributed by atoms with E-state index in [0.717, 1.165) is 15.8 Å². The molecular weight excluding hydrogens is 248 g/mol. The average Bonchev–Trinajstić information content (AvgIpc) is 2.18. The number of aliphatic hydroxyl groups is 1. The second-order valence-electron chi connectivity index (χ2n) is 3.17. The zero-order chi connectivity index (χ0) is 10.1. The van der Waals surface area contributed by atoms with Crippen LogP contribution in [0, 0.1) is 0 Å². The number of rotatable bonds is 1. The number of ether oxygens (including phenoxy) is 2. The monoisotopic (exact) mass is 258 g/mol. The van der Waals surface area contributed by atoms with Gasteiger partial charge >= 0.3 is 0 Å². The maximum atomic E-state index is 9.48. The smallest absolute Gasteiger partial charge is 0.175 e. The van der Waals surface area contributed by atoms with Crippen molar-refractivity contribution >= 4 is 15.9 Å². The van der Waals surface area contributed by atoms with Crippen LogP contribution in [0.1, 0.15) is 18.6 Å². The Bertz CT molecular complexity index is 349. The second kappa shape index (κ2) is 3.79. The molecule has 0 radical (unpaired) electrons. The molecule has 0 aromatic heterocycles. The molecule has 1 aliphatic heterocycles. The number of benzene rings is 1. The largest absolute Gasteiger partial charge is 0.486 e. The highest BCUT2D eigenvalue weighted by molar-refractivity contribution is 9.10. The maximum absolute atomic E-state index is 9.48. The van der Waals surface area contributed by atoms with Crippen molar-refractivity contribution in [1.29, 1.82) is 0 Å². The molecular formula is C10H11BrO3. The van der Waals surface area contributed by atoms with Crippen molar-refractivity contribution in [2.24, 2.45) is 0 Å². The number of hydrogen-bond donors (Lipinski definition) is 1. The van der Waals surface area contributed by atoms with Crippen molar-refractivity contribution in [1.82, 2.24) is 0 Å². The number of halogens is 1. The Morgan fingerprint density at radius 3 is 2.79 bits per heavy atom.